The standard InChI is InChI=1S/C20H35N5/c1-4-17(2)18-7-9-19(10-8-18)23-20(21)22-11-5-13-25-14-6-12-24(3)15-16-25/h7-10,17H,4-6,11-16H2,1-3H3,(H3,21,22,23). The fraction of sp³-hybridized carbons (Fsp3) is 0.650. The van der Waals surface area contributed by atoms with E-state index in [0.29, 0.717) is 11.9 Å². The molecule has 0 aromatic heterocycles. The van der Waals surface area contributed by atoms with Gasteiger partial charge in [0.15, 0.2) is 5.96 Å². The molecule has 0 radical (unpaired) electrons. The predicted octanol–water partition coefficient (Wildman–Crippen LogP) is 2.95. The van der Waals surface area contributed by atoms with Crippen molar-refractivity contribution in [1.82, 2.24) is 9.80 Å². The van der Waals surface area contributed by atoms with Gasteiger partial charge in [-0.2, -0.15) is 0 Å². The Kier molecular flexibility index (Phi) is 8.22. The predicted molar refractivity (Wildman–Crippen MR) is 108 cm³/mol. The second-order valence-electron chi connectivity index (χ2n) is 7.18. The third kappa shape index (κ3) is 7.04. The molecule has 0 amide bonds. The van der Waals surface area contributed by atoms with Crippen molar-refractivity contribution < 1.29 is 0 Å². The van der Waals surface area contributed by atoms with Gasteiger partial charge in [-0.1, -0.05) is 26.0 Å². The van der Waals surface area contributed by atoms with Crippen molar-refractivity contribution in [3.63, 3.8) is 0 Å². The molecule has 3 N–H and O–H groups in total. The minimum Gasteiger partial charge on any atom is -0.370 e. The maximum absolute atomic E-state index is 6.01. The number of hydrogen-bond acceptors (Lipinski definition) is 3. The molecule has 0 bridgehead atoms. The molecular formula is C20H35N5. The number of nitrogens with one attached hydrogen (secondary N) is 1. The van der Waals surface area contributed by atoms with Crippen LogP contribution in [0.15, 0.2) is 29.3 Å². The largest absolute Gasteiger partial charge is 0.370 e. The Morgan fingerprint density at radius 3 is 2.68 bits per heavy atom. The number of rotatable bonds is 7. The Morgan fingerprint density at radius 1 is 1.20 bits per heavy atom. The lowest BCUT2D eigenvalue weighted by Gasteiger charge is -2.19. The first-order valence-electron chi connectivity index (χ1n) is 9.66. The molecule has 1 aliphatic heterocycles. The summed E-state index contributed by atoms with van der Waals surface area (Å²) in [5.41, 5.74) is 8.38. The molecule has 1 saturated heterocycles. The summed E-state index contributed by atoms with van der Waals surface area (Å²) in [6.45, 7) is 11.1. The minimum absolute atomic E-state index is 0.506. The topological polar surface area (TPSA) is 56.9 Å². The lowest BCUT2D eigenvalue weighted by molar-refractivity contribution is 0.275. The van der Waals surface area contributed by atoms with E-state index in [9.17, 15) is 0 Å². The Bertz CT molecular complexity index is 525. The minimum atomic E-state index is 0.506. The van der Waals surface area contributed by atoms with E-state index in [-0.39, 0.29) is 0 Å². The van der Waals surface area contributed by atoms with Crippen LogP contribution in [0.2, 0.25) is 0 Å². The second-order valence-corrected chi connectivity index (χ2v) is 7.18. The van der Waals surface area contributed by atoms with Crippen LogP contribution in [0, 0.1) is 0 Å². The molecule has 0 spiro atoms. The SMILES string of the molecule is CCC(C)c1ccc(NC(N)=NCCCN2CCCN(C)CC2)cc1. The third-order valence-electron chi connectivity index (χ3n) is 5.09. The molecule has 1 heterocycles. The van der Waals surface area contributed by atoms with Crippen LogP contribution in [0.4, 0.5) is 5.69 Å². The monoisotopic (exact) mass is 345 g/mol. The number of aliphatic imine (C=N–C) groups is 1. The molecule has 25 heavy (non-hydrogen) atoms. The average Bonchev–Trinajstić information content (AvgIpc) is 2.83. The van der Waals surface area contributed by atoms with Gasteiger partial charge in [-0.05, 0) is 69.6 Å². The van der Waals surface area contributed by atoms with Gasteiger partial charge in [0.2, 0.25) is 0 Å². The zero-order chi connectivity index (χ0) is 18.1. The molecule has 5 heteroatoms. The fourth-order valence-corrected chi connectivity index (χ4v) is 3.14. The van der Waals surface area contributed by atoms with Crippen molar-refractivity contribution in [3.8, 4) is 0 Å². The van der Waals surface area contributed by atoms with Crippen LogP contribution in [0.25, 0.3) is 0 Å². The van der Waals surface area contributed by atoms with Crippen LogP contribution in [0.1, 0.15) is 44.6 Å². The lowest BCUT2D eigenvalue weighted by Crippen LogP contribution is -2.30. The Morgan fingerprint density at radius 2 is 1.96 bits per heavy atom. The smallest absolute Gasteiger partial charge is 0.193 e. The van der Waals surface area contributed by atoms with E-state index in [1.165, 1.54) is 31.6 Å². The Balaban J connectivity index is 1.70. The molecule has 5 nitrogen and oxygen atoms in total. The van der Waals surface area contributed by atoms with Crippen LogP contribution >= 0.6 is 0 Å². The van der Waals surface area contributed by atoms with Crippen LogP contribution in [0.5, 0.6) is 0 Å². The van der Waals surface area contributed by atoms with Crippen molar-refractivity contribution in [2.75, 3.05) is 51.6 Å². The molecule has 1 atom stereocenters. The molecule has 1 aliphatic rings. The number of hydrogen-bond donors (Lipinski definition) is 2. The quantitative estimate of drug-likeness (QED) is 0.453. The number of likely N-dealkylation sites (N-methyl/N-ethyl adjacent to an activating group) is 1. The fourth-order valence-electron chi connectivity index (χ4n) is 3.14. The van der Waals surface area contributed by atoms with Gasteiger partial charge in [0.25, 0.3) is 0 Å². The van der Waals surface area contributed by atoms with Crippen molar-refractivity contribution in [1.29, 1.82) is 0 Å². The maximum atomic E-state index is 6.01. The summed E-state index contributed by atoms with van der Waals surface area (Å²) in [7, 11) is 2.20. The van der Waals surface area contributed by atoms with Gasteiger partial charge in [0.1, 0.15) is 0 Å². The van der Waals surface area contributed by atoms with Gasteiger partial charge < -0.3 is 20.9 Å². The molecule has 1 aromatic rings. The van der Waals surface area contributed by atoms with Crippen LogP contribution < -0.4 is 11.1 Å². The highest BCUT2D eigenvalue weighted by atomic mass is 15.2. The zero-order valence-electron chi connectivity index (χ0n) is 16.2. The zero-order valence-corrected chi connectivity index (χ0v) is 16.2. The summed E-state index contributed by atoms with van der Waals surface area (Å²) in [6.07, 6.45) is 3.47. The van der Waals surface area contributed by atoms with Gasteiger partial charge in [0.05, 0.1) is 0 Å². The van der Waals surface area contributed by atoms with E-state index < -0.39 is 0 Å². The van der Waals surface area contributed by atoms with E-state index >= 15 is 0 Å². The van der Waals surface area contributed by atoms with E-state index in [1.807, 2.05) is 0 Å². The van der Waals surface area contributed by atoms with Crippen molar-refractivity contribution in [3.05, 3.63) is 29.8 Å². The molecule has 140 valence electrons. The van der Waals surface area contributed by atoms with Crippen molar-refractivity contribution >= 4 is 11.6 Å². The van der Waals surface area contributed by atoms with Gasteiger partial charge in [0, 0.05) is 25.3 Å². The second kappa shape index (κ2) is 10.4. The lowest BCUT2D eigenvalue weighted by atomic mass is 9.99. The van der Waals surface area contributed by atoms with Gasteiger partial charge in [-0.15, -0.1) is 0 Å². The highest BCUT2D eigenvalue weighted by Crippen LogP contribution is 2.20. The van der Waals surface area contributed by atoms with Crippen molar-refractivity contribution in [2.45, 2.75) is 39.0 Å². The van der Waals surface area contributed by atoms with Crippen LogP contribution in [-0.4, -0.2) is 62.1 Å². The number of nitrogens with zero attached hydrogens (tertiary/aromatic N) is 3. The average molecular weight is 346 g/mol. The van der Waals surface area contributed by atoms with Gasteiger partial charge >= 0.3 is 0 Å². The number of guanidine groups is 1. The summed E-state index contributed by atoms with van der Waals surface area (Å²) in [5.74, 6) is 1.10. The first-order chi connectivity index (χ1) is 12.1. The molecule has 2 rings (SSSR count). The summed E-state index contributed by atoms with van der Waals surface area (Å²) in [4.78, 5) is 9.41. The molecule has 0 saturated carbocycles. The highest BCUT2D eigenvalue weighted by Gasteiger charge is 2.11. The molecule has 1 aromatic carbocycles. The molecule has 1 unspecified atom stereocenters. The molecular weight excluding hydrogens is 310 g/mol. The third-order valence-corrected chi connectivity index (χ3v) is 5.09. The van der Waals surface area contributed by atoms with Gasteiger partial charge in [-0.3, -0.25) is 4.99 Å². The van der Waals surface area contributed by atoms with Gasteiger partial charge in [-0.25, -0.2) is 0 Å². The number of benzene rings is 1. The summed E-state index contributed by atoms with van der Waals surface area (Å²) < 4.78 is 0. The molecule has 1 fully saturated rings. The highest BCUT2D eigenvalue weighted by molar-refractivity contribution is 5.92. The Hall–Kier alpha value is -1.59. The van der Waals surface area contributed by atoms with Crippen LogP contribution in [0.3, 0.4) is 0 Å². The number of nitrogens with two attached hydrogens (primary N) is 1. The normalized spacial score (nSPS) is 18.8. The first kappa shape index (κ1) is 19.7. The summed E-state index contributed by atoms with van der Waals surface area (Å²) >= 11 is 0. The Labute approximate surface area is 153 Å². The maximum Gasteiger partial charge on any atom is 0.193 e. The first-order valence-corrected chi connectivity index (χ1v) is 9.66. The van der Waals surface area contributed by atoms with E-state index in [4.69, 9.17) is 5.73 Å². The summed E-state index contributed by atoms with van der Waals surface area (Å²) in [5, 5.41) is 3.19. The number of anilines is 1. The van der Waals surface area contributed by atoms with Crippen molar-refractivity contribution in [2.24, 2.45) is 10.7 Å². The van der Waals surface area contributed by atoms with E-state index in [2.05, 4.69) is 65.3 Å². The van der Waals surface area contributed by atoms with E-state index in [0.717, 1.165) is 38.2 Å². The van der Waals surface area contributed by atoms with E-state index in [1.54, 1.807) is 0 Å². The van der Waals surface area contributed by atoms with Crippen LogP contribution in [-0.2, 0) is 0 Å². The summed E-state index contributed by atoms with van der Waals surface area (Å²) in [6, 6.07) is 8.50. The molecule has 0 aliphatic carbocycles.